The molecule has 3 fully saturated rings. The van der Waals surface area contributed by atoms with Crippen LogP contribution >= 0.6 is 0 Å². The predicted molar refractivity (Wildman–Crippen MR) is 107 cm³/mol. The third-order valence-corrected chi connectivity index (χ3v) is 6.70. The molecule has 0 spiro atoms. The van der Waals surface area contributed by atoms with Crippen molar-refractivity contribution in [3.63, 3.8) is 0 Å². The van der Waals surface area contributed by atoms with E-state index >= 15 is 0 Å². The average molecular weight is 385 g/mol. The quantitative estimate of drug-likeness (QED) is 0.828. The molecule has 152 valence electrons. The number of likely N-dealkylation sites (tertiary alicyclic amines) is 1. The fourth-order valence-corrected chi connectivity index (χ4v) is 4.85. The molecule has 3 aliphatic rings. The topological polar surface area (TPSA) is 57.5 Å². The smallest absolute Gasteiger partial charge is 0.118 e. The van der Waals surface area contributed by atoms with E-state index in [2.05, 4.69) is 39.1 Å². The Morgan fingerprint density at radius 3 is 2.82 bits per heavy atom. The summed E-state index contributed by atoms with van der Waals surface area (Å²) >= 11 is 0. The fraction of sp³-hybridized carbons (Fsp3) is 0.682. The monoisotopic (exact) mass is 384 g/mol. The minimum Gasteiger partial charge on any atom is -0.464 e. The molecule has 2 saturated heterocycles. The van der Waals surface area contributed by atoms with Gasteiger partial charge in [0.15, 0.2) is 0 Å². The van der Waals surface area contributed by atoms with Gasteiger partial charge in [0.1, 0.15) is 11.5 Å². The summed E-state index contributed by atoms with van der Waals surface area (Å²) < 4.78 is 11.6. The Hall–Kier alpha value is -1.63. The molecule has 0 unspecified atom stereocenters. The first kappa shape index (κ1) is 18.4. The van der Waals surface area contributed by atoms with Crippen LogP contribution in [-0.4, -0.2) is 59.4 Å². The standard InChI is InChI=1S/C22H32N4O2/c1-16-11-20(16)21-5-4-19(28-21)15-26-6-2-3-17(13-26)22-18(12-23-24-22)14-25-7-9-27-10-8-25/h4-5,12,16-17,20H,2-3,6-11,13-15H2,1H3,(H,23,24)/t16-,17+,20-/m1/s1. The molecule has 3 atom stereocenters. The van der Waals surface area contributed by atoms with Gasteiger partial charge in [0.2, 0.25) is 0 Å². The van der Waals surface area contributed by atoms with Crippen LogP contribution in [0.15, 0.2) is 22.7 Å². The number of rotatable bonds is 6. The van der Waals surface area contributed by atoms with E-state index < -0.39 is 0 Å². The van der Waals surface area contributed by atoms with Crippen molar-refractivity contribution in [2.45, 2.75) is 51.1 Å². The molecular weight excluding hydrogens is 352 g/mol. The maximum Gasteiger partial charge on any atom is 0.118 e. The van der Waals surface area contributed by atoms with Crippen molar-refractivity contribution in [1.82, 2.24) is 20.0 Å². The van der Waals surface area contributed by atoms with Crippen molar-refractivity contribution in [3.8, 4) is 0 Å². The Balaban J connectivity index is 1.21. The molecule has 1 saturated carbocycles. The first-order valence-electron chi connectivity index (χ1n) is 10.9. The van der Waals surface area contributed by atoms with Crippen LogP contribution < -0.4 is 0 Å². The van der Waals surface area contributed by atoms with Crippen LogP contribution in [0.3, 0.4) is 0 Å². The molecule has 1 aliphatic carbocycles. The van der Waals surface area contributed by atoms with Gasteiger partial charge in [-0.15, -0.1) is 0 Å². The second-order valence-corrected chi connectivity index (χ2v) is 8.90. The molecule has 2 aliphatic heterocycles. The van der Waals surface area contributed by atoms with Gasteiger partial charge >= 0.3 is 0 Å². The molecular formula is C22H32N4O2. The van der Waals surface area contributed by atoms with Gasteiger partial charge in [-0.2, -0.15) is 5.10 Å². The highest BCUT2D eigenvalue weighted by Gasteiger charge is 2.36. The highest BCUT2D eigenvalue weighted by molar-refractivity contribution is 5.22. The number of hydrogen-bond acceptors (Lipinski definition) is 5. The van der Waals surface area contributed by atoms with E-state index in [4.69, 9.17) is 9.15 Å². The zero-order chi connectivity index (χ0) is 18.9. The Morgan fingerprint density at radius 2 is 2.00 bits per heavy atom. The third-order valence-electron chi connectivity index (χ3n) is 6.70. The molecule has 2 aromatic rings. The maximum absolute atomic E-state index is 6.15. The molecule has 6 nitrogen and oxygen atoms in total. The highest BCUT2D eigenvalue weighted by atomic mass is 16.5. The number of piperidine rings is 1. The average Bonchev–Trinajstić information content (AvgIpc) is 3.09. The van der Waals surface area contributed by atoms with Crippen molar-refractivity contribution in [2.75, 3.05) is 39.4 Å². The molecule has 0 amide bonds. The number of aromatic nitrogens is 2. The number of ether oxygens (including phenoxy) is 1. The Morgan fingerprint density at radius 1 is 1.14 bits per heavy atom. The summed E-state index contributed by atoms with van der Waals surface area (Å²) in [4.78, 5) is 5.02. The van der Waals surface area contributed by atoms with Crippen molar-refractivity contribution in [2.24, 2.45) is 5.92 Å². The lowest BCUT2D eigenvalue weighted by atomic mass is 9.92. The lowest BCUT2D eigenvalue weighted by molar-refractivity contribution is 0.0339. The molecule has 5 rings (SSSR count). The van der Waals surface area contributed by atoms with Gasteiger partial charge < -0.3 is 9.15 Å². The number of morpholine rings is 1. The summed E-state index contributed by atoms with van der Waals surface area (Å²) in [7, 11) is 0. The third kappa shape index (κ3) is 4.04. The summed E-state index contributed by atoms with van der Waals surface area (Å²) in [5, 5.41) is 7.71. The van der Waals surface area contributed by atoms with Crippen LogP contribution in [0.25, 0.3) is 0 Å². The number of nitrogens with one attached hydrogen (secondary N) is 1. The summed E-state index contributed by atoms with van der Waals surface area (Å²) in [6.07, 6.45) is 5.77. The van der Waals surface area contributed by atoms with E-state index in [1.807, 2.05) is 6.20 Å². The second kappa shape index (κ2) is 8.01. The van der Waals surface area contributed by atoms with Gasteiger partial charge in [-0.3, -0.25) is 14.9 Å². The summed E-state index contributed by atoms with van der Waals surface area (Å²) in [5.41, 5.74) is 2.69. The minimum absolute atomic E-state index is 0.533. The lowest BCUT2D eigenvalue weighted by Crippen LogP contribution is -2.37. The molecule has 6 heteroatoms. The van der Waals surface area contributed by atoms with Gasteiger partial charge in [0.05, 0.1) is 26.0 Å². The normalized spacial score (nSPS) is 29.2. The summed E-state index contributed by atoms with van der Waals surface area (Å²) in [5.74, 6) is 4.30. The highest BCUT2D eigenvalue weighted by Crippen LogP contribution is 2.47. The van der Waals surface area contributed by atoms with Gasteiger partial charge in [0, 0.05) is 49.3 Å². The Kier molecular flexibility index (Phi) is 5.26. The Labute approximate surface area is 167 Å². The molecule has 0 radical (unpaired) electrons. The van der Waals surface area contributed by atoms with Crippen LogP contribution in [0.4, 0.5) is 0 Å². The molecule has 28 heavy (non-hydrogen) atoms. The number of nitrogens with zero attached hydrogens (tertiary/aromatic N) is 3. The molecule has 1 N–H and O–H groups in total. The van der Waals surface area contributed by atoms with Gasteiger partial charge in [-0.05, 0) is 43.9 Å². The maximum atomic E-state index is 6.15. The van der Waals surface area contributed by atoms with Crippen molar-refractivity contribution in [3.05, 3.63) is 41.1 Å². The zero-order valence-electron chi connectivity index (χ0n) is 16.9. The van der Waals surface area contributed by atoms with E-state index in [0.29, 0.717) is 11.8 Å². The van der Waals surface area contributed by atoms with Crippen LogP contribution in [0.1, 0.15) is 60.8 Å². The minimum atomic E-state index is 0.533. The lowest BCUT2D eigenvalue weighted by Gasteiger charge is -2.33. The van der Waals surface area contributed by atoms with E-state index in [1.165, 1.54) is 36.3 Å². The predicted octanol–water partition coefficient (Wildman–Crippen LogP) is 3.34. The van der Waals surface area contributed by atoms with E-state index in [1.54, 1.807) is 0 Å². The largest absolute Gasteiger partial charge is 0.464 e. The van der Waals surface area contributed by atoms with E-state index in [-0.39, 0.29) is 0 Å². The van der Waals surface area contributed by atoms with Crippen LogP contribution in [0.5, 0.6) is 0 Å². The number of furan rings is 1. The van der Waals surface area contributed by atoms with E-state index in [9.17, 15) is 0 Å². The van der Waals surface area contributed by atoms with Gasteiger partial charge in [-0.1, -0.05) is 6.92 Å². The number of aromatic amines is 1. The number of H-pyrrole nitrogens is 1. The Bertz CT molecular complexity index is 779. The fourth-order valence-electron chi connectivity index (χ4n) is 4.85. The van der Waals surface area contributed by atoms with Crippen LogP contribution in [-0.2, 0) is 17.8 Å². The summed E-state index contributed by atoms with van der Waals surface area (Å²) in [6, 6.07) is 4.38. The first-order chi connectivity index (χ1) is 13.8. The molecule has 2 aromatic heterocycles. The SMILES string of the molecule is C[C@@H]1C[C@H]1c1ccc(CN2CCC[C@H](c3[nH]ncc3CN3CCOCC3)C2)o1. The van der Waals surface area contributed by atoms with Crippen LogP contribution in [0, 0.1) is 5.92 Å². The van der Waals surface area contributed by atoms with Crippen LogP contribution in [0.2, 0.25) is 0 Å². The summed E-state index contributed by atoms with van der Waals surface area (Å²) in [6.45, 7) is 10.2. The van der Waals surface area contributed by atoms with Crippen molar-refractivity contribution in [1.29, 1.82) is 0 Å². The van der Waals surface area contributed by atoms with Gasteiger partial charge in [0.25, 0.3) is 0 Å². The van der Waals surface area contributed by atoms with E-state index in [0.717, 1.165) is 64.2 Å². The molecule has 0 aromatic carbocycles. The number of hydrogen-bond donors (Lipinski definition) is 1. The van der Waals surface area contributed by atoms with Gasteiger partial charge in [-0.25, -0.2) is 0 Å². The second-order valence-electron chi connectivity index (χ2n) is 8.90. The zero-order valence-corrected chi connectivity index (χ0v) is 16.9. The molecule has 4 heterocycles. The van der Waals surface area contributed by atoms with Crippen molar-refractivity contribution >= 4 is 0 Å². The first-order valence-corrected chi connectivity index (χ1v) is 10.9. The molecule has 0 bridgehead atoms. The van der Waals surface area contributed by atoms with Crippen molar-refractivity contribution < 1.29 is 9.15 Å².